The van der Waals surface area contributed by atoms with Crippen molar-refractivity contribution >= 4 is 60.2 Å². The van der Waals surface area contributed by atoms with Crippen molar-refractivity contribution in [1.29, 1.82) is 0 Å². The van der Waals surface area contributed by atoms with Gasteiger partial charge in [-0.05, 0) is 125 Å². The number of hydrogen-bond acceptors (Lipinski definition) is 1. The van der Waals surface area contributed by atoms with E-state index in [4.69, 9.17) is 0 Å². The predicted molar refractivity (Wildman–Crippen MR) is 253 cm³/mol. The van der Waals surface area contributed by atoms with Gasteiger partial charge in [-0.2, -0.15) is 0 Å². The van der Waals surface area contributed by atoms with Gasteiger partial charge in [0.25, 0.3) is 0 Å². The van der Waals surface area contributed by atoms with Gasteiger partial charge in [0.2, 0.25) is 0 Å². The molecule has 1 nitrogen and oxygen atoms in total. The maximum atomic E-state index is 2.41. The van der Waals surface area contributed by atoms with Crippen LogP contribution in [0.5, 0.6) is 0 Å². The Balaban J connectivity index is 1.06. The summed E-state index contributed by atoms with van der Waals surface area (Å²) in [6.45, 7) is 0. The van der Waals surface area contributed by atoms with Crippen LogP contribution in [0.2, 0.25) is 0 Å². The first-order valence-electron chi connectivity index (χ1n) is 20.3. The standard InChI is InChI=1S/C58H39N/c1-4-15-40(16-5-1)45-27-28-47-38-50(35-31-46(47)37-45)59(56-26-14-22-42-17-10-11-23-51(42)56)49-33-29-41(30-34-49)48-32-36-53-52-24-12-13-25-54(52)57(43-18-6-2-7-19-43)58(55(53)39-48)44-20-8-3-9-21-44/h1-39H. The number of anilines is 3. The summed E-state index contributed by atoms with van der Waals surface area (Å²) in [5.74, 6) is 0. The highest BCUT2D eigenvalue weighted by Gasteiger charge is 2.19. The summed E-state index contributed by atoms with van der Waals surface area (Å²) in [4.78, 5) is 2.41. The normalized spacial score (nSPS) is 11.4. The molecule has 59 heavy (non-hydrogen) atoms. The molecule has 0 aliphatic heterocycles. The summed E-state index contributed by atoms with van der Waals surface area (Å²) in [5, 5.41) is 9.89. The van der Waals surface area contributed by atoms with Gasteiger partial charge >= 0.3 is 0 Å². The third kappa shape index (κ3) is 6.21. The minimum Gasteiger partial charge on any atom is -0.310 e. The summed E-state index contributed by atoms with van der Waals surface area (Å²) < 4.78 is 0. The molecule has 0 heterocycles. The van der Waals surface area contributed by atoms with Crippen molar-refractivity contribution in [2.24, 2.45) is 0 Å². The van der Waals surface area contributed by atoms with Crippen molar-refractivity contribution in [2.75, 3.05) is 4.90 Å². The Kier molecular flexibility index (Phi) is 8.56. The first-order chi connectivity index (χ1) is 29.3. The van der Waals surface area contributed by atoms with E-state index in [9.17, 15) is 0 Å². The van der Waals surface area contributed by atoms with Gasteiger partial charge in [-0.25, -0.2) is 0 Å². The first kappa shape index (κ1) is 34.5. The second kappa shape index (κ2) is 14.6. The Morgan fingerprint density at radius 3 is 1.42 bits per heavy atom. The molecule has 0 aliphatic carbocycles. The second-order valence-corrected chi connectivity index (χ2v) is 15.3. The van der Waals surface area contributed by atoms with Crippen molar-refractivity contribution in [3.63, 3.8) is 0 Å². The van der Waals surface area contributed by atoms with Gasteiger partial charge in [0.15, 0.2) is 0 Å². The van der Waals surface area contributed by atoms with Crippen LogP contribution < -0.4 is 4.90 Å². The van der Waals surface area contributed by atoms with Gasteiger partial charge in [0.05, 0.1) is 5.69 Å². The fourth-order valence-electron chi connectivity index (χ4n) is 9.00. The molecule has 0 bridgehead atoms. The molecule has 0 spiro atoms. The number of benzene rings is 11. The van der Waals surface area contributed by atoms with Crippen LogP contribution in [0, 0.1) is 0 Å². The average molecular weight is 750 g/mol. The van der Waals surface area contributed by atoms with E-state index in [1.807, 2.05) is 0 Å². The van der Waals surface area contributed by atoms with Crippen molar-refractivity contribution in [3.8, 4) is 44.5 Å². The van der Waals surface area contributed by atoms with Crippen molar-refractivity contribution < 1.29 is 0 Å². The van der Waals surface area contributed by atoms with Gasteiger partial charge in [-0.1, -0.05) is 194 Å². The van der Waals surface area contributed by atoms with Crippen LogP contribution in [0.1, 0.15) is 0 Å². The number of hydrogen-bond donors (Lipinski definition) is 0. The number of fused-ring (bicyclic) bond motifs is 5. The van der Waals surface area contributed by atoms with Crippen LogP contribution in [0.3, 0.4) is 0 Å². The Bertz CT molecular complexity index is 3290. The molecule has 0 atom stereocenters. The van der Waals surface area contributed by atoms with Crippen molar-refractivity contribution in [2.45, 2.75) is 0 Å². The maximum Gasteiger partial charge on any atom is 0.0540 e. The van der Waals surface area contributed by atoms with E-state index in [0.29, 0.717) is 0 Å². The smallest absolute Gasteiger partial charge is 0.0540 e. The SMILES string of the molecule is c1ccc(-c2ccc3cc(N(c4ccc(-c5ccc6c(c5)c(-c5ccccc5)c(-c5ccccc5)c5ccccc56)cc4)c4cccc5ccccc45)ccc3c2)cc1. The molecular weight excluding hydrogens is 711 g/mol. The summed E-state index contributed by atoms with van der Waals surface area (Å²) in [5.41, 5.74) is 13.1. The Morgan fingerprint density at radius 1 is 0.220 bits per heavy atom. The number of nitrogens with zero attached hydrogens (tertiary/aromatic N) is 1. The lowest BCUT2D eigenvalue weighted by Gasteiger charge is -2.27. The van der Waals surface area contributed by atoms with E-state index >= 15 is 0 Å². The molecular formula is C58H39N. The van der Waals surface area contributed by atoms with E-state index in [-0.39, 0.29) is 0 Å². The molecule has 11 rings (SSSR count). The molecule has 0 unspecified atom stereocenters. The molecule has 276 valence electrons. The monoisotopic (exact) mass is 749 g/mol. The summed E-state index contributed by atoms with van der Waals surface area (Å²) >= 11 is 0. The lowest BCUT2D eigenvalue weighted by molar-refractivity contribution is 1.30. The molecule has 0 N–H and O–H groups in total. The molecule has 0 saturated heterocycles. The van der Waals surface area contributed by atoms with E-state index in [2.05, 4.69) is 241 Å². The molecule has 0 aliphatic rings. The van der Waals surface area contributed by atoms with Gasteiger partial charge < -0.3 is 4.90 Å². The molecule has 11 aromatic rings. The topological polar surface area (TPSA) is 3.24 Å². The Morgan fingerprint density at radius 2 is 0.695 bits per heavy atom. The summed E-state index contributed by atoms with van der Waals surface area (Å²) in [7, 11) is 0. The second-order valence-electron chi connectivity index (χ2n) is 15.3. The average Bonchev–Trinajstić information content (AvgIpc) is 3.32. The molecule has 0 amide bonds. The molecule has 0 radical (unpaired) electrons. The highest BCUT2D eigenvalue weighted by Crippen LogP contribution is 2.46. The fourth-order valence-corrected chi connectivity index (χ4v) is 9.00. The molecule has 1 heteroatoms. The van der Waals surface area contributed by atoms with E-state index in [1.165, 1.54) is 87.6 Å². The van der Waals surface area contributed by atoms with Gasteiger partial charge in [0.1, 0.15) is 0 Å². The quantitative estimate of drug-likeness (QED) is 0.147. The van der Waals surface area contributed by atoms with Crippen LogP contribution in [0.25, 0.3) is 87.6 Å². The molecule has 0 saturated carbocycles. The Hall–Kier alpha value is -7.74. The van der Waals surface area contributed by atoms with Crippen LogP contribution in [0.15, 0.2) is 237 Å². The fraction of sp³-hybridized carbons (Fsp3) is 0. The minimum atomic E-state index is 1.11. The summed E-state index contributed by atoms with van der Waals surface area (Å²) in [6.07, 6.45) is 0. The van der Waals surface area contributed by atoms with Gasteiger partial charge in [-0.3, -0.25) is 0 Å². The van der Waals surface area contributed by atoms with Gasteiger partial charge in [-0.15, -0.1) is 0 Å². The maximum absolute atomic E-state index is 2.41. The van der Waals surface area contributed by atoms with Gasteiger partial charge in [0, 0.05) is 16.8 Å². The zero-order valence-electron chi connectivity index (χ0n) is 32.5. The predicted octanol–water partition coefficient (Wildman–Crippen LogP) is 16.4. The van der Waals surface area contributed by atoms with E-state index in [1.54, 1.807) is 0 Å². The van der Waals surface area contributed by atoms with E-state index < -0.39 is 0 Å². The molecule has 11 aromatic carbocycles. The van der Waals surface area contributed by atoms with E-state index in [0.717, 1.165) is 17.1 Å². The highest BCUT2D eigenvalue weighted by atomic mass is 15.1. The lowest BCUT2D eigenvalue weighted by Crippen LogP contribution is -2.10. The minimum absolute atomic E-state index is 1.11. The lowest BCUT2D eigenvalue weighted by atomic mass is 9.84. The van der Waals surface area contributed by atoms with Crippen molar-refractivity contribution in [3.05, 3.63) is 237 Å². The highest BCUT2D eigenvalue weighted by molar-refractivity contribution is 6.22. The summed E-state index contributed by atoms with van der Waals surface area (Å²) in [6, 6.07) is 86.2. The van der Waals surface area contributed by atoms with Crippen LogP contribution in [0.4, 0.5) is 17.1 Å². The largest absolute Gasteiger partial charge is 0.310 e. The zero-order valence-corrected chi connectivity index (χ0v) is 32.5. The Labute approximate surface area is 344 Å². The van der Waals surface area contributed by atoms with Crippen molar-refractivity contribution in [1.82, 2.24) is 0 Å². The third-order valence-electron chi connectivity index (χ3n) is 11.8. The molecule has 0 fully saturated rings. The zero-order chi connectivity index (χ0) is 39.1. The van der Waals surface area contributed by atoms with Crippen LogP contribution in [-0.4, -0.2) is 0 Å². The van der Waals surface area contributed by atoms with Crippen LogP contribution >= 0.6 is 0 Å². The van der Waals surface area contributed by atoms with Crippen LogP contribution in [-0.2, 0) is 0 Å². The third-order valence-corrected chi connectivity index (χ3v) is 11.8. The first-order valence-corrected chi connectivity index (χ1v) is 20.3. The molecule has 0 aromatic heterocycles. The number of rotatable bonds is 7.